The second kappa shape index (κ2) is 31.3. The molecule has 0 saturated carbocycles. The SMILES string of the molecule is C.C.CCC.CCC.COC(=O)C(=O)c1ccc(OCCCCCCCCCCCCOc2ccc(C(=O)C(=O)OC)cc2)cc1. The lowest BCUT2D eigenvalue weighted by atomic mass is 10.1. The van der Waals surface area contributed by atoms with E-state index in [2.05, 4.69) is 37.2 Å². The van der Waals surface area contributed by atoms with Gasteiger partial charge < -0.3 is 18.9 Å². The summed E-state index contributed by atoms with van der Waals surface area (Å²) in [6.45, 7) is 9.75. The van der Waals surface area contributed by atoms with Crippen molar-refractivity contribution in [2.24, 2.45) is 0 Å². The van der Waals surface area contributed by atoms with Crippen LogP contribution in [0.15, 0.2) is 48.5 Å². The first-order valence-electron chi connectivity index (χ1n) is 16.0. The number of ketones is 2. The van der Waals surface area contributed by atoms with Gasteiger partial charge in [0, 0.05) is 11.1 Å². The maximum absolute atomic E-state index is 11.7. The fourth-order valence-corrected chi connectivity index (χ4v) is 3.82. The van der Waals surface area contributed by atoms with Gasteiger partial charge in [-0.05, 0) is 61.4 Å². The maximum Gasteiger partial charge on any atom is 0.379 e. The Balaban J connectivity index is -0.00000214. The topological polar surface area (TPSA) is 105 Å². The Labute approximate surface area is 279 Å². The number of ether oxygens (including phenoxy) is 4. The summed E-state index contributed by atoms with van der Waals surface area (Å²) in [7, 11) is 2.37. The Morgan fingerprint density at radius 2 is 0.696 bits per heavy atom. The molecule has 0 amide bonds. The van der Waals surface area contributed by atoms with Gasteiger partial charge in [0.1, 0.15) is 11.5 Å². The summed E-state index contributed by atoms with van der Waals surface area (Å²) in [6.07, 6.45) is 14.0. The van der Waals surface area contributed by atoms with Gasteiger partial charge >= 0.3 is 11.9 Å². The fraction of sp³-hybridized carbons (Fsp3) is 0.579. The third-order valence-corrected chi connectivity index (χ3v) is 6.05. The van der Waals surface area contributed by atoms with Crippen LogP contribution in [0.2, 0.25) is 0 Å². The number of Topliss-reactive ketones (excluding diaryl/α,β-unsaturated/α-hetero) is 2. The smallest absolute Gasteiger partial charge is 0.379 e. The highest BCUT2D eigenvalue weighted by atomic mass is 16.5. The summed E-state index contributed by atoms with van der Waals surface area (Å²) in [4.78, 5) is 46.0. The summed E-state index contributed by atoms with van der Waals surface area (Å²) in [5.74, 6) is -1.70. The molecule has 0 unspecified atom stereocenters. The predicted molar refractivity (Wildman–Crippen MR) is 188 cm³/mol. The van der Waals surface area contributed by atoms with Crippen LogP contribution >= 0.6 is 0 Å². The molecule has 0 atom stereocenters. The summed E-state index contributed by atoms with van der Waals surface area (Å²) in [5, 5.41) is 0. The van der Waals surface area contributed by atoms with E-state index in [1.807, 2.05) is 0 Å². The number of rotatable bonds is 19. The molecule has 46 heavy (non-hydrogen) atoms. The molecule has 0 aliphatic carbocycles. The Morgan fingerprint density at radius 1 is 0.457 bits per heavy atom. The third kappa shape index (κ3) is 21.9. The van der Waals surface area contributed by atoms with E-state index in [4.69, 9.17) is 9.47 Å². The van der Waals surface area contributed by atoms with Crippen LogP contribution < -0.4 is 9.47 Å². The van der Waals surface area contributed by atoms with E-state index in [1.165, 1.54) is 65.6 Å². The molecule has 0 fully saturated rings. The van der Waals surface area contributed by atoms with Gasteiger partial charge in [-0.25, -0.2) is 9.59 Å². The van der Waals surface area contributed by atoms with E-state index < -0.39 is 23.5 Å². The highest BCUT2D eigenvalue weighted by Gasteiger charge is 2.17. The maximum atomic E-state index is 11.7. The molecule has 0 N–H and O–H groups in total. The van der Waals surface area contributed by atoms with Crippen molar-refractivity contribution in [2.45, 2.75) is 120 Å². The molecule has 2 rings (SSSR count). The summed E-state index contributed by atoms with van der Waals surface area (Å²) in [6, 6.07) is 13.0. The van der Waals surface area contributed by atoms with Crippen LogP contribution in [0.3, 0.4) is 0 Å². The van der Waals surface area contributed by atoms with E-state index in [0.29, 0.717) is 24.7 Å². The van der Waals surface area contributed by atoms with E-state index in [0.717, 1.165) is 25.7 Å². The van der Waals surface area contributed by atoms with Crippen LogP contribution in [0.1, 0.15) is 140 Å². The van der Waals surface area contributed by atoms with Gasteiger partial charge in [0.15, 0.2) is 0 Å². The van der Waals surface area contributed by atoms with Gasteiger partial charge in [0.05, 0.1) is 27.4 Å². The number of hydrogen-bond donors (Lipinski definition) is 0. The van der Waals surface area contributed by atoms with Crippen molar-refractivity contribution in [1.29, 1.82) is 0 Å². The van der Waals surface area contributed by atoms with Crippen LogP contribution in [0.4, 0.5) is 0 Å². The zero-order valence-electron chi connectivity index (χ0n) is 27.8. The minimum absolute atomic E-state index is 0. The molecule has 0 bridgehead atoms. The minimum atomic E-state index is -0.872. The van der Waals surface area contributed by atoms with E-state index in [1.54, 1.807) is 48.5 Å². The molecule has 0 aliphatic rings. The molecule has 0 aliphatic heterocycles. The van der Waals surface area contributed by atoms with Gasteiger partial charge in [-0.3, -0.25) is 9.59 Å². The minimum Gasteiger partial charge on any atom is -0.494 e. The van der Waals surface area contributed by atoms with Crippen molar-refractivity contribution in [3.05, 3.63) is 59.7 Å². The molecule has 8 nitrogen and oxygen atoms in total. The van der Waals surface area contributed by atoms with Crippen LogP contribution in [-0.4, -0.2) is 50.9 Å². The van der Waals surface area contributed by atoms with Crippen LogP contribution in [0.5, 0.6) is 11.5 Å². The monoisotopic (exact) mass is 646 g/mol. The van der Waals surface area contributed by atoms with Crippen molar-refractivity contribution in [1.82, 2.24) is 0 Å². The molecule has 8 heteroatoms. The molecular formula is C38H62O8. The molecule has 0 radical (unpaired) electrons. The standard InChI is InChI=1S/C30H38O8.2C3H8.2CH4/c1-35-29(33)27(31)23-13-17-25(18-14-23)37-21-11-9-7-5-3-4-6-8-10-12-22-38-26-19-15-24(16-20-26)28(32)30(34)36-2;2*1-3-2;;/h13-20H,3-12,21-22H2,1-2H3;2*3H2,1-2H3;2*1H4. The quantitative estimate of drug-likeness (QED) is 0.0643. The van der Waals surface area contributed by atoms with Gasteiger partial charge in [0.25, 0.3) is 11.6 Å². The van der Waals surface area contributed by atoms with Crippen LogP contribution in [0.25, 0.3) is 0 Å². The number of carbonyl (C=O) groups excluding carboxylic acids is 4. The average molecular weight is 647 g/mol. The molecule has 2 aromatic carbocycles. The first kappa shape index (κ1) is 46.7. The first-order chi connectivity index (χ1) is 21.3. The largest absolute Gasteiger partial charge is 0.494 e. The zero-order valence-corrected chi connectivity index (χ0v) is 27.8. The Bertz CT molecular complexity index is 960. The zero-order chi connectivity index (χ0) is 33.0. The number of methoxy groups -OCH3 is 2. The van der Waals surface area contributed by atoms with Gasteiger partial charge in [-0.2, -0.15) is 0 Å². The highest BCUT2D eigenvalue weighted by Crippen LogP contribution is 2.16. The highest BCUT2D eigenvalue weighted by molar-refractivity contribution is 6.41. The van der Waals surface area contributed by atoms with Crippen molar-refractivity contribution >= 4 is 23.5 Å². The van der Waals surface area contributed by atoms with Crippen LogP contribution in [-0.2, 0) is 19.1 Å². The van der Waals surface area contributed by atoms with Crippen molar-refractivity contribution in [3.8, 4) is 11.5 Å². The van der Waals surface area contributed by atoms with Crippen molar-refractivity contribution in [3.63, 3.8) is 0 Å². The molecule has 262 valence electrons. The second-order valence-corrected chi connectivity index (χ2v) is 10.3. The molecule has 0 heterocycles. The predicted octanol–water partition coefficient (Wildman–Crippen LogP) is 9.86. The number of unbranched alkanes of at least 4 members (excludes halogenated alkanes) is 9. The molecule has 0 aromatic heterocycles. The Kier molecular flexibility index (Phi) is 31.8. The fourth-order valence-electron chi connectivity index (χ4n) is 3.82. The van der Waals surface area contributed by atoms with E-state index in [9.17, 15) is 19.2 Å². The number of carbonyl (C=O) groups is 4. The van der Waals surface area contributed by atoms with E-state index in [-0.39, 0.29) is 26.0 Å². The Morgan fingerprint density at radius 3 is 0.935 bits per heavy atom. The van der Waals surface area contributed by atoms with E-state index >= 15 is 0 Å². The summed E-state index contributed by atoms with van der Waals surface area (Å²) in [5.41, 5.74) is 0.579. The lowest BCUT2D eigenvalue weighted by Crippen LogP contribution is -2.15. The average Bonchev–Trinajstić information content (AvgIpc) is 3.04. The summed E-state index contributed by atoms with van der Waals surface area (Å²) >= 11 is 0. The van der Waals surface area contributed by atoms with Gasteiger partial charge in [-0.1, -0.05) is 107 Å². The number of benzene rings is 2. The summed E-state index contributed by atoms with van der Waals surface area (Å²) < 4.78 is 20.3. The first-order valence-corrected chi connectivity index (χ1v) is 16.0. The second-order valence-electron chi connectivity index (χ2n) is 10.3. The van der Waals surface area contributed by atoms with Gasteiger partial charge in [-0.15, -0.1) is 0 Å². The number of esters is 2. The van der Waals surface area contributed by atoms with Crippen molar-refractivity contribution < 1.29 is 38.1 Å². The normalized spacial score (nSPS) is 9.43. The van der Waals surface area contributed by atoms with Crippen molar-refractivity contribution in [2.75, 3.05) is 27.4 Å². The third-order valence-electron chi connectivity index (χ3n) is 6.05. The molecular weight excluding hydrogens is 584 g/mol. The Hall–Kier alpha value is -3.68. The lowest BCUT2D eigenvalue weighted by molar-refractivity contribution is -0.135. The number of hydrogen-bond acceptors (Lipinski definition) is 8. The van der Waals surface area contributed by atoms with Gasteiger partial charge in [0.2, 0.25) is 0 Å². The molecule has 2 aromatic rings. The van der Waals surface area contributed by atoms with Crippen LogP contribution in [0, 0.1) is 0 Å². The lowest BCUT2D eigenvalue weighted by Gasteiger charge is -2.07. The molecule has 0 saturated heterocycles. The molecule has 0 spiro atoms.